The summed E-state index contributed by atoms with van der Waals surface area (Å²) >= 11 is 0. The van der Waals surface area contributed by atoms with Crippen LogP contribution in [-0.2, 0) is 35.1 Å². The minimum absolute atomic E-state index is 0.0661. The lowest BCUT2D eigenvalue weighted by Crippen LogP contribution is -2.37. The Morgan fingerprint density at radius 2 is 1.46 bits per heavy atom. The summed E-state index contributed by atoms with van der Waals surface area (Å²) in [6.45, 7) is 11.3. The standard InChI is InChI=1S/C28H43NO8/c1-7-9-11-24(30)36-22-14-13-20(16-23(22)37-25(31)12-10-8-2)15-21(29)27(33)35-19(3)18-34-26(32)17-28(4,5)6/h13-14,16,19,21H,7-12,15,17-18,29H2,1-6H3/t19-,21-/m0/s1. The highest BCUT2D eigenvalue weighted by Crippen LogP contribution is 2.30. The van der Waals surface area contributed by atoms with Gasteiger partial charge in [0.15, 0.2) is 11.5 Å². The second-order valence-electron chi connectivity index (χ2n) is 10.4. The molecule has 0 unspecified atom stereocenters. The molecule has 0 amide bonds. The molecule has 0 heterocycles. The van der Waals surface area contributed by atoms with Gasteiger partial charge in [-0.2, -0.15) is 0 Å². The molecule has 0 spiro atoms. The van der Waals surface area contributed by atoms with Crippen molar-refractivity contribution in [2.75, 3.05) is 6.61 Å². The van der Waals surface area contributed by atoms with E-state index in [0.717, 1.165) is 12.8 Å². The first-order valence-electron chi connectivity index (χ1n) is 13.0. The molecule has 0 bridgehead atoms. The van der Waals surface area contributed by atoms with Crippen LogP contribution in [0.2, 0.25) is 0 Å². The number of rotatable bonds is 15. The van der Waals surface area contributed by atoms with Crippen LogP contribution in [0.15, 0.2) is 18.2 Å². The molecule has 0 aromatic heterocycles. The maximum Gasteiger partial charge on any atom is 0.323 e. The highest BCUT2D eigenvalue weighted by molar-refractivity contribution is 5.77. The Labute approximate surface area is 220 Å². The lowest BCUT2D eigenvalue weighted by molar-refractivity contribution is -0.159. The van der Waals surface area contributed by atoms with Gasteiger partial charge >= 0.3 is 23.9 Å². The number of nitrogens with two attached hydrogens (primary N) is 1. The van der Waals surface area contributed by atoms with E-state index in [9.17, 15) is 19.2 Å². The Morgan fingerprint density at radius 1 is 0.892 bits per heavy atom. The number of benzene rings is 1. The first kappa shape index (κ1) is 32.1. The van der Waals surface area contributed by atoms with Crippen molar-refractivity contribution < 1.29 is 38.1 Å². The molecule has 0 saturated heterocycles. The number of hydrogen-bond donors (Lipinski definition) is 1. The first-order chi connectivity index (χ1) is 17.3. The van der Waals surface area contributed by atoms with E-state index in [0.29, 0.717) is 18.4 Å². The third-order valence-corrected chi connectivity index (χ3v) is 5.15. The molecule has 208 valence electrons. The monoisotopic (exact) mass is 521 g/mol. The van der Waals surface area contributed by atoms with Gasteiger partial charge in [-0.25, -0.2) is 0 Å². The summed E-state index contributed by atoms with van der Waals surface area (Å²) in [6, 6.07) is 3.71. The molecule has 37 heavy (non-hydrogen) atoms. The van der Waals surface area contributed by atoms with Crippen molar-refractivity contribution in [2.24, 2.45) is 11.1 Å². The van der Waals surface area contributed by atoms with Crippen LogP contribution in [-0.4, -0.2) is 42.6 Å². The highest BCUT2D eigenvalue weighted by Gasteiger charge is 2.22. The largest absolute Gasteiger partial charge is 0.462 e. The lowest BCUT2D eigenvalue weighted by atomic mass is 9.92. The summed E-state index contributed by atoms with van der Waals surface area (Å²) in [7, 11) is 0. The van der Waals surface area contributed by atoms with E-state index in [4.69, 9.17) is 24.7 Å². The number of unbranched alkanes of at least 4 members (excludes halogenated alkanes) is 2. The van der Waals surface area contributed by atoms with Crippen LogP contribution in [0.1, 0.15) is 92.1 Å². The second kappa shape index (κ2) is 16.0. The number of hydrogen-bond acceptors (Lipinski definition) is 9. The Hall–Kier alpha value is -2.94. The van der Waals surface area contributed by atoms with Gasteiger partial charge in [-0.1, -0.05) is 53.5 Å². The van der Waals surface area contributed by atoms with Crippen molar-refractivity contribution in [3.05, 3.63) is 23.8 Å². The fourth-order valence-corrected chi connectivity index (χ4v) is 3.18. The van der Waals surface area contributed by atoms with Crippen molar-refractivity contribution in [2.45, 2.75) is 105 Å². The molecule has 2 atom stereocenters. The maximum absolute atomic E-state index is 12.5. The summed E-state index contributed by atoms with van der Waals surface area (Å²) in [5.41, 5.74) is 6.45. The summed E-state index contributed by atoms with van der Waals surface area (Å²) in [5.74, 6) is -1.65. The van der Waals surface area contributed by atoms with E-state index >= 15 is 0 Å². The van der Waals surface area contributed by atoms with E-state index in [2.05, 4.69) is 0 Å². The molecule has 0 aliphatic heterocycles. The molecule has 1 rings (SSSR count). The number of esters is 4. The van der Waals surface area contributed by atoms with Gasteiger partial charge < -0.3 is 24.7 Å². The van der Waals surface area contributed by atoms with Crippen molar-refractivity contribution in [1.29, 1.82) is 0 Å². The molecule has 0 saturated carbocycles. The Kier molecular flexibility index (Phi) is 13.9. The number of carbonyl (C=O) groups excluding carboxylic acids is 4. The van der Waals surface area contributed by atoms with Crippen molar-refractivity contribution in [3.8, 4) is 11.5 Å². The zero-order valence-electron chi connectivity index (χ0n) is 23.1. The van der Waals surface area contributed by atoms with Gasteiger partial charge in [-0.15, -0.1) is 0 Å². The molecule has 0 aliphatic rings. The molecule has 9 nitrogen and oxygen atoms in total. The molecular formula is C28H43NO8. The van der Waals surface area contributed by atoms with E-state index in [-0.39, 0.29) is 55.2 Å². The lowest BCUT2D eigenvalue weighted by Gasteiger charge is -2.19. The van der Waals surface area contributed by atoms with Crippen LogP contribution >= 0.6 is 0 Å². The fraction of sp³-hybridized carbons (Fsp3) is 0.643. The molecule has 9 heteroatoms. The predicted octanol–water partition coefficient (Wildman–Crippen LogP) is 4.66. The molecule has 0 radical (unpaired) electrons. The summed E-state index contributed by atoms with van der Waals surface area (Å²) in [6.07, 6.45) is 3.20. The molecule has 1 aromatic carbocycles. The Morgan fingerprint density at radius 3 is 2.00 bits per heavy atom. The number of ether oxygens (including phenoxy) is 4. The third-order valence-electron chi connectivity index (χ3n) is 5.15. The summed E-state index contributed by atoms with van der Waals surface area (Å²) in [4.78, 5) is 48.7. The van der Waals surface area contributed by atoms with Crippen LogP contribution < -0.4 is 15.2 Å². The maximum atomic E-state index is 12.5. The normalized spacial score (nSPS) is 12.8. The molecule has 0 aliphatic carbocycles. The first-order valence-corrected chi connectivity index (χ1v) is 13.0. The summed E-state index contributed by atoms with van der Waals surface area (Å²) in [5, 5.41) is 0. The summed E-state index contributed by atoms with van der Waals surface area (Å²) < 4.78 is 21.4. The average molecular weight is 522 g/mol. The SMILES string of the molecule is CCCCC(=O)Oc1ccc(C[C@H](N)C(=O)O[C@@H](C)COC(=O)CC(C)(C)C)cc1OC(=O)CCCC. The van der Waals surface area contributed by atoms with Gasteiger partial charge in [0.05, 0.1) is 6.42 Å². The second-order valence-corrected chi connectivity index (χ2v) is 10.4. The smallest absolute Gasteiger partial charge is 0.323 e. The van der Waals surface area contributed by atoms with Gasteiger partial charge in [-0.05, 0) is 49.3 Å². The Bertz CT molecular complexity index is 906. The van der Waals surface area contributed by atoms with Crippen LogP contribution in [0.3, 0.4) is 0 Å². The average Bonchev–Trinajstić information content (AvgIpc) is 2.80. The van der Waals surface area contributed by atoms with Crippen molar-refractivity contribution in [1.82, 2.24) is 0 Å². The molecular weight excluding hydrogens is 478 g/mol. The predicted molar refractivity (Wildman–Crippen MR) is 139 cm³/mol. The Balaban J connectivity index is 2.81. The van der Waals surface area contributed by atoms with Gasteiger partial charge in [-0.3, -0.25) is 19.2 Å². The van der Waals surface area contributed by atoms with Crippen LogP contribution in [0.4, 0.5) is 0 Å². The minimum Gasteiger partial charge on any atom is -0.462 e. The third kappa shape index (κ3) is 13.8. The van der Waals surface area contributed by atoms with Crippen molar-refractivity contribution >= 4 is 23.9 Å². The highest BCUT2D eigenvalue weighted by atomic mass is 16.6. The van der Waals surface area contributed by atoms with E-state index in [1.165, 1.54) is 12.1 Å². The fourth-order valence-electron chi connectivity index (χ4n) is 3.18. The van der Waals surface area contributed by atoms with E-state index < -0.39 is 30.1 Å². The van der Waals surface area contributed by atoms with Crippen molar-refractivity contribution in [3.63, 3.8) is 0 Å². The minimum atomic E-state index is -1.01. The van der Waals surface area contributed by atoms with Gasteiger partial charge in [0, 0.05) is 12.8 Å². The molecule has 1 aromatic rings. The van der Waals surface area contributed by atoms with Gasteiger partial charge in [0.25, 0.3) is 0 Å². The van der Waals surface area contributed by atoms with Crippen LogP contribution in [0.25, 0.3) is 0 Å². The molecule has 0 fully saturated rings. The van der Waals surface area contributed by atoms with E-state index in [1.54, 1.807) is 13.0 Å². The van der Waals surface area contributed by atoms with Crippen LogP contribution in [0, 0.1) is 5.41 Å². The van der Waals surface area contributed by atoms with Gasteiger partial charge in [0.1, 0.15) is 18.8 Å². The van der Waals surface area contributed by atoms with E-state index in [1.807, 2.05) is 34.6 Å². The van der Waals surface area contributed by atoms with Gasteiger partial charge in [0.2, 0.25) is 0 Å². The van der Waals surface area contributed by atoms with Crippen LogP contribution in [0.5, 0.6) is 11.5 Å². The zero-order valence-corrected chi connectivity index (χ0v) is 23.1. The number of carbonyl (C=O) groups is 4. The quantitative estimate of drug-likeness (QED) is 0.258. The molecule has 2 N–H and O–H groups in total. The zero-order chi connectivity index (χ0) is 28.0. The topological polar surface area (TPSA) is 131 Å².